The quantitative estimate of drug-likeness (QED) is 0.348. The first-order chi connectivity index (χ1) is 15.0. The predicted molar refractivity (Wildman–Crippen MR) is 120 cm³/mol. The maximum Gasteiger partial charge on any atom is 0.300 e. The lowest BCUT2D eigenvalue weighted by Gasteiger charge is -2.11. The number of aromatic amines is 1. The number of nitrogens with two attached hydrogens (primary N) is 1. The molecule has 31 heavy (non-hydrogen) atoms. The van der Waals surface area contributed by atoms with Crippen LogP contribution >= 0.6 is 0 Å². The molecule has 0 fully saturated rings. The third-order valence-corrected chi connectivity index (χ3v) is 4.42. The molecule has 0 amide bonds. The summed E-state index contributed by atoms with van der Waals surface area (Å²) in [5.74, 6) is 0.0233. The van der Waals surface area contributed by atoms with Gasteiger partial charge in [0.2, 0.25) is 5.95 Å². The van der Waals surface area contributed by atoms with E-state index in [0.29, 0.717) is 5.82 Å². The molecule has 0 atom stereocenters. The summed E-state index contributed by atoms with van der Waals surface area (Å²) in [6, 6.07) is 16.0. The van der Waals surface area contributed by atoms with Gasteiger partial charge in [-0.15, -0.1) is 0 Å². The van der Waals surface area contributed by atoms with Gasteiger partial charge in [0, 0.05) is 46.9 Å². The van der Waals surface area contributed by atoms with Crippen LogP contribution in [-0.2, 0) is 4.79 Å². The molecule has 154 valence electrons. The fourth-order valence-electron chi connectivity index (χ4n) is 3.25. The Labute approximate surface area is 177 Å². The second-order valence-corrected chi connectivity index (χ2v) is 6.68. The Morgan fingerprint density at radius 2 is 1.84 bits per heavy atom. The van der Waals surface area contributed by atoms with Crippen LogP contribution in [0.5, 0.6) is 0 Å². The highest BCUT2D eigenvalue weighted by molar-refractivity contribution is 6.03. The zero-order valence-electron chi connectivity index (χ0n) is 16.6. The number of hydrogen-bond donors (Lipinski definition) is 4. The number of nitrogens with one attached hydrogen (secondary N) is 2. The maximum absolute atomic E-state index is 9.00. The average Bonchev–Trinajstić information content (AvgIpc) is 3.21. The predicted octanol–water partition coefficient (Wildman–Crippen LogP) is 3.98. The van der Waals surface area contributed by atoms with Crippen LogP contribution in [0.2, 0.25) is 0 Å². The number of carboxylic acids is 1. The number of aromatic nitrogens is 5. The number of nitrogens with zero attached hydrogens (tertiary/aromatic N) is 4. The first-order valence-corrected chi connectivity index (χ1v) is 9.37. The zero-order chi connectivity index (χ0) is 21.8. The summed E-state index contributed by atoms with van der Waals surface area (Å²) in [6.45, 7) is 1.08. The molecule has 0 spiro atoms. The summed E-state index contributed by atoms with van der Waals surface area (Å²) in [5, 5.41) is 20.1. The second kappa shape index (κ2) is 8.46. The molecule has 0 radical (unpaired) electrons. The van der Waals surface area contributed by atoms with Crippen LogP contribution in [0.3, 0.4) is 0 Å². The van der Waals surface area contributed by atoms with Crippen molar-refractivity contribution < 1.29 is 9.90 Å². The van der Waals surface area contributed by atoms with Gasteiger partial charge in [0.15, 0.2) is 0 Å². The van der Waals surface area contributed by atoms with Crippen LogP contribution in [0.15, 0.2) is 67.1 Å². The average molecular weight is 413 g/mol. The molecule has 0 saturated carbocycles. The van der Waals surface area contributed by atoms with E-state index in [1.165, 1.54) is 0 Å². The van der Waals surface area contributed by atoms with Crippen LogP contribution in [0.25, 0.3) is 32.9 Å². The number of benzene rings is 2. The molecule has 0 saturated heterocycles. The van der Waals surface area contributed by atoms with Gasteiger partial charge in [0.1, 0.15) is 5.82 Å². The second-order valence-electron chi connectivity index (χ2n) is 6.68. The molecule has 9 nitrogen and oxygen atoms in total. The van der Waals surface area contributed by atoms with Gasteiger partial charge in [-0.25, -0.2) is 4.98 Å². The van der Waals surface area contributed by atoms with Gasteiger partial charge < -0.3 is 16.2 Å². The lowest BCUT2D eigenvalue weighted by atomic mass is 9.99. The largest absolute Gasteiger partial charge is 0.481 e. The molecular weight excluding hydrogens is 394 g/mol. The van der Waals surface area contributed by atoms with Crippen LogP contribution in [0, 0.1) is 0 Å². The van der Waals surface area contributed by atoms with Gasteiger partial charge in [-0.1, -0.05) is 24.3 Å². The lowest BCUT2D eigenvalue weighted by molar-refractivity contribution is -0.134. The van der Waals surface area contributed by atoms with Crippen molar-refractivity contribution in [2.45, 2.75) is 6.92 Å². The Balaban J connectivity index is 0.000000535. The van der Waals surface area contributed by atoms with Crippen LogP contribution in [0.1, 0.15) is 6.92 Å². The highest BCUT2D eigenvalue weighted by atomic mass is 16.4. The van der Waals surface area contributed by atoms with E-state index in [9.17, 15) is 0 Å². The number of carbonyl (C=O) groups is 1. The van der Waals surface area contributed by atoms with Crippen molar-refractivity contribution in [1.29, 1.82) is 0 Å². The minimum atomic E-state index is -0.833. The molecule has 3 heterocycles. The first-order valence-electron chi connectivity index (χ1n) is 9.37. The molecule has 0 aliphatic heterocycles. The van der Waals surface area contributed by atoms with E-state index in [1.54, 1.807) is 18.5 Å². The number of pyridine rings is 1. The van der Waals surface area contributed by atoms with Crippen molar-refractivity contribution in [1.82, 2.24) is 25.1 Å². The fourth-order valence-corrected chi connectivity index (χ4v) is 3.25. The van der Waals surface area contributed by atoms with E-state index in [0.717, 1.165) is 45.5 Å². The summed E-state index contributed by atoms with van der Waals surface area (Å²) < 4.78 is 0. The minimum absolute atomic E-state index is 0.225. The number of aliphatic carboxylic acids is 1. The van der Waals surface area contributed by atoms with Gasteiger partial charge in [0.25, 0.3) is 5.97 Å². The minimum Gasteiger partial charge on any atom is -0.481 e. The third kappa shape index (κ3) is 4.40. The summed E-state index contributed by atoms with van der Waals surface area (Å²) in [5.41, 5.74) is 10.5. The van der Waals surface area contributed by atoms with Crippen LogP contribution in [-0.4, -0.2) is 36.2 Å². The molecule has 0 bridgehead atoms. The van der Waals surface area contributed by atoms with Gasteiger partial charge in [-0.3, -0.25) is 14.9 Å². The molecule has 0 aliphatic rings. The SMILES string of the molecule is CC(=O)O.Nc1nccc(Nc2cc(-c3cccc4cccnc34)c3[nH]ncc3c2)n1. The number of fused-ring (bicyclic) bond motifs is 2. The Kier molecular flexibility index (Phi) is 5.39. The summed E-state index contributed by atoms with van der Waals surface area (Å²) in [4.78, 5) is 21.7. The van der Waals surface area contributed by atoms with Crippen molar-refractivity contribution in [3.63, 3.8) is 0 Å². The van der Waals surface area contributed by atoms with E-state index in [4.69, 9.17) is 15.6 Å². The number of carboxylic acid groups (broad SMARTS) is 1. The molecular formula is C22H19N7O2. The Hall–Kier alpha value is -4.53. The smallest absolute Gasteiger partial charge is 0.300 e. The number of anilines is 3. The molecule has 5 aromatic rings. The molecule has 0 aliphatic carbocycles. The van der Waals surface area contributed by atoms with Crippen molar-refractivity contribution in [2.24, 2.45) is 0 Å². The molecule has 9 heteroatoms. The van der Waals surface area contributed by atoms with E-state index in [2.05, 4.69) is 54.7 Å². The molecule has 3 aromatic heterocycles. The Bertz CT molecular complexity index is 1370. The number of para-hydroxylation sites is 1. The van der Waals surface area contributed by atoms with Crippen molar-refractivity contribution in [3.8, 4) is 11.1 Å². The van der Waals surface area contributed by atoms with E-state index in [-0.39, 0.29) is 5.95 Å². The summed E-state index contributed by atoms with van der Waals surface area (Å²) in [7, 11) is 0. The number of hydrogen-bond acceptors (Lipinski definition) is 7. The normalized spacial score (nSPS) is 10.5. The van der Waals surface area contributed by atoms with Gasteiger partial charge in [0.05, 0.1) is 17.2 Å². The highest BCUT2D eigenvalue weighted by Crippen LogP contribution is 2.35. The molecule has 2 aromatic carbocycles. The number of H-pyrrole nitrogens is 1. The fraction of sp³-hybridized carbons (Fsp3) is 0.0455. The Morgan fingerprint density at radius 1 is 1.03 bits per heavy atom. The van der Waals surface area contributed by atoms with Gasteiger partial charge in [-0.2, -0.15) is 10.1 Å². The van der Waals surface area contributed by atoms with E-state index in [1.807, 2.05) is 24.4 Å². The van der Waals surface area contributed by atoms with Crippen molar-refractivity contribution in [3.05, 3.63) is 67.1 Å². The van der Waals surface area contributed by atoms with Gasteiger partial charge in [-0.05, 0) is 24.3 Å². The highest BCUT2D eigenvalue weighted by Gasteiger charge is 2.12. The van der Waals surface area contributed by atoms with E-state index >= 15 is 0 Å². The summed E-state index contributed by atoms with van der Waals surface area (Å²) >= 11 is 0. The standard InChI is InChI=1S/C20H15N7.C2H4O2/c21-20-23-8-6-17(26-20)25-14-9-13-11-24-27-19(13)16(10-14)15-5-1-3-12-4-2-7-22-18(12)15;1-2(3)4/h1-11H,(H,24,27)(H3,21,23,25,26);1H3,(H,3,4). The molecule has 0 unspecified atom stereocenters. The first kappa shape index (κ1) is 19.8. The maximum atomic E-state index is 9.00. The van der Waals surface area contributed by atoms with Crippen LogP contribution in [0.4, 0.5) is 17.5 Å². The number of rotatable bonds is 3. The lowest BCUT2D eigenvalue weighted by Crippen LogP contribution is -1.99. The topological polar surface area (TPSA) is 143 Å². The summed E-state index contributed by atoms with van der Waals surface area (Å²) in [6.07, 6.45) is 5.23. The van der Waals surface area contributed by atoms with Crippen molar-refractivity contribution in [2.75, 3.05) is 11.1 Å². The van der Waals surface area contributed by atoms with Crippen LogP contribution < -0.4 is 11.1 Å². The Morgan fingerprint density at radius 3 is 2.65 bits per heavy atom. The van der Waals surface area contributed by atoms with Gasteiger partial charge >= 0.3 is 0 Å². The van der Waals surface area contributed by atoms with Crippen molar-refractivity contribution >= 4 is 45.2 Å². The third-order valence-electron chi connectivity index (χ3n) is 4.42. The monoisotopic (exact) mass is 413 g/mol. The molecule has 5 rings (SSSR count). The zero-order valence-corrected chi connectivity index (χ0v) is 16.6. The molecule has 5 N–H and O–H groups in total. The number of nitrogen functional groups attached to an aromatic ring is 1. The van der Waals surface area contributed by atoms with E-state index < -0.39 is 5.97 Å².